The zero-order valence-corrected chi connectivity index (χ0v) is 24.1. The molecular formula is C32H30ClFN2O6. The number of imide groups is 2. The number of ether oxygens (including phenoxy) is 1. The molecule has 4 amide bonds. The molecule has 2 aliphatic carbocycles. The molecule has 218 valence electrons. The first-order chi connectivity index (χ1) is 20.0. The molecule has 0 aromatic heterocycles. The number of benzene rings is 2. The van der Waals surface area contributed by atoms with Gasteiger partial charge in [0.15, 0.2) is 11.5 Å². The largest absolute Gasteiger partial charge is 0.504 e. The number of phenolic OH excluding ortho intramolecular Hbond substituents is 1. The smallest absolute Gasteiger partial charge is 0.241 e. The summed E-state index contributed by atoms with van der Waals surface area (Å²) in [6.45, 7) is 3.80. The minimum Gasteiger partial charge on any atom is -0.504 e. The SMILES string of the molecule is CCN1C(=O)C2CC=C3C(CC4C(=O)N(c5ccc(F)c(Cl)c5)C(=O)C4(C)C3C=Cc3ccc(O)c(OC)c3)C2C1=O. The van der Waals surface area contributed by atoms with Crippen molar-refractivity contribution in [1.82, 2.24) is 4.90 Å². The van der Waals surface area contributed by atoms with E-state index in [1.165, 1.54) is 30.2 Å². The summed E-state index contributed by atoms with van der Waals surface area (Å²) in [5.41, 5.74) is 0.513. The van der Waals surface area contributed by atoms with Crippen molar-refractivity contribution in [2.24, 2.45) is 35.0 Å². The Labute approximate surface area is 247 Å². The second kappa shape index (κ2) is 10.1. The summed E-state index contributed by atoms with van der Waals surface area (Å²) in [4.78, 5) is 57.3. The highest BCUT2D eigenvalue weighted by atomic mass is 35.5. The number of nitrogens with zero attached hydrogens (tertiary/aromatic N) is 2. The highest BCUT2D eigenvalue weighted by molar-refractivity contribution is 6.31. The number of rotatable bonds is 5. The van der Waals surface area contributed by atoms with Gasteiger partial charge in [0.2, 0.25) is 23.6 Å². The van der Waals surface area contributed by atoms with E-state index in [9.17, 15) is 28.7 Å². The molecule has 2 saturated heterocycles. The second-order valence-corrected chi connectivity index (χ2v) is 11.9. The minimum atomic E-state index is -1.22. The number of hydrogen-bond acceptors (Lipinski definition) is 6. The number of aromatic hydroxyl groups is 1. The van der Waals surface area contributed by atoms with Gasteiger partial charge in [-0.1, -0.05) is 41.5 Å². The van der Waals surface area contributed by atoms with E-state index in [-0.39, 0.29) is 47.0 Å². The third-order valence-electron chi connectivity index (χ3n) is 9.60. The van der Waals surface area contributed by atoms with Gasteiger partial charge in [-0.25, -0.2) is 9.29 Å². The van der Waals surface area contributed by atoms with Crippen molar-refractivity contribution in [3.8, 4) is 11.5 Å². The number of likely N-dealkylation sites (tertiary alicyclic amines) is 1. The predicted octanol–water partition coefficient (Wildman–Crippen LogP) is 4.99. The topological polar surface area (TPSA) is 104 Å². The fourth-order valence-electron chi connectivity index (χ4n) is 7.47. The number of anilines is 1. The Bertz CT molecular complexity index is 1600. The first-order valence-electron chi connectivity index (χ1n) is 14.0. The van der Waals surface area contributed by atoms with Crippen LogP contribution in [-0.2, 0) is 19.2 Å². The van der Waals surface area contributed by atoms with Gasteiger partial charge in [-0.3, -0.25) is 24.1 Å². The van der Waals surface area contributed by atoms with Gasteiger partial charge in [-0.2, -0.15) is 0 Å². The van der Waals surface area contributed by atoms with Crippen molar-refractivity contribution in [1.29, 1.82) is 0 Å². The molecule has 0 bridgehead atoms. The van der Waals surface area contributed by atoms with E-state index in [1.807, 2.05) is 12.2 Å². The molecule has 42 heavy (non-hydrogen) atoms. The third kappa shape index (κ3) is 3.93. The van der Waals surface area contributed by atoms with Crippen LogP contribution in [0.1, 0.15) is 32.3 Å². The number of phenols is 1. The molecule has 6 unspecified atom stereocenters. The average molecular weight is 593 g/mol. The summed E-state index contributed by atoms with van der Waals surface area (Å²) in [5.74, 6) is -4.62. The molecule has 4 aliphatic rings. The lowest BCUT2D eigenvalue weighted by Gasteiger charge is -2.47. The highest BCUT2D eigenvalue weighted by Gasteiger charge is 2.66. The molecule has 0 spiro atoms. The Kier molecular flexibility index (Phi) is 6.76. The van der Waals surface area contributed by atoms with E-state index in [1.54, 1.807) is 32.1 Å². The van der Waals surface area contributed by atoms with Crippen LogP contribution in [0.5, 0.6) is 11.5 Å². The lowest BCUT2D eigenvalue weighted by molar-refractivity contribution is -0.140. The van der Waals surface area contributed by atoms with Crippen LogP contribution < -0.4 is 9.64 Å². The fraction of sp³-hybridized carbons (Fsp3) is 0.375. The van der Waals surface area contributed by atoms with Crippen LogP contribution in [0.4, 0.5) is 10.1 Å². The summed E-state index contributed by atoms with van der Waals surface area (Å²) in [7, 11) is 1.45. The molecule has 2 heterocycles. The quantitative estimate of drug-likeness (QED) is 0.388. The second-order valence-electron chi connectivity index (χ2n) is 11.5. The maximum absolute atomic E-state index is 14.3. The molecule has 8 nitrogen and oxygen atoms in total. The van der Waals surface area contributed by atoms with Gasteiger partial charge in [-0.05, 0) is 68.5 Å². The molecule has 3 fully saturated rings. The molecule has 2 aromatic carbocycles. The van der Waals surface area contributed by atoms with Gasteiger partial charge in [0.1, 0.15) is 5.82 Å². The van der Waals surface area contributed by atoms with Crippen molar-refractivity contribution >= 4 is 47.0 Å². The van der Waals surface area contributed by atoms with Gasteiger partial charge >= 0.3 is 0 Å². The number of hydrogen-bond donors (Lipinski definition) is 1. The zero-order chi connectivity index (χ0) is 30.1. The van der Waals surface area contributed by atoms with Crippen molar-refractivity contribution < 1.29 is 33.4 Å². The fourth-order valence-corrected chi connectivity index (χ4v) is 7.65. The van der Waals surface area contributed by atoms with Crippen molar-refractivity contribution in [2.45, 2.75) is 26.7 Å². The van der Waals surface area contributed by atoms with Crippen LogP contribution in [0.3, 0.4) is 0 Å². The van der Waals surface area contributed by atoms with Gasteiger partial charge in [-0.15, -0.1) is 0 Å². The number of halogens is 2. The van der Waals surface area contributed by atoms with Gasteiger partial charge in [0.25, 0.3) is 0 Å². The summed E-state index contributed by atoms with van der Waals surface area (Å²) < 4.78 is 19.2. The van der Waals surface area contributed by atoms with Gasteiger partial charge < -0.3 is 9.84 Å². The number of amides is 4. The van der Waals surface area contributed by atoms with E-state index in [2.05, 4.69) is 0 Å². The van der Waals surface area contributed by atoms with Crippen LogP contribution in [0.2, 0.25) is 5.02 Å². The number of methoxy groups -OCH3 is 1. The Hall–Kier alpha value is -3.98. The number of carbonyl (C=O) groups excluding carboxylic acids is 4. The lowest BCUT2D eigenvalue weighted by atomic mass is 9.52. The Morgan fingerprint density at radius 1 is 1.10 bits per heavy atom. The normalized spacial score (nSPS) is 30.5. The standard InChI is InChI=1S/C32H30ClFN2O6/c1-4-35-28(38)19-9-8-18-20(27(19)30(35)40)15-22-29(39)36(17-7-11-24(34)23(33)14-17)31(41)32(22,2)21(18)10-5-16-6-12-25(37)26(13-16)42-3/h5-8,10-14,19-22,27,37H,4,9,15H2,1-3H3. The highest BCUT2D eigenvalue weighted by Crippen LogP contribution is 2.61. The number of carbonyl (C=O) groups is 4. The summed E-state index contributed by atoms with van der Waals surface area (Å²) in [6, 6.07) is 8.60. The van der Waals surface area contributed by atoms with Gasteiger partial charge in [0.05, 0.1) is 41.0 Å². The first kappa shape index (κ1) is 28.2. The lowest BCUT2D eigenvalue weighted by Crippen LogP contribution is -2.49. The van der Waals surface area contributed by atoms with Crippen molar-refractivity contribution in [3.63, 3.8) is 0 Å². The van der Waals surface area contributed by atoms with Crippen LogP contribution in [0.25, 0.3) is 6.08 Å². The van der Waals surface area contributed by atoms with Crippen LogP contribution in [-0.4, -0.2) is 47.3 Å². The minimum absolute atomic E-state index is 0.0181. The zero-order valence-electron chi connectivity index (χ0n) is 23.3. The van der Waals surface area contributed by atoms with Crippen LogP contribution >= 0.6 is 11.6 Å². The van der Waals surface area contributed by atoms with E-state index in [0.29, 0.717) is 12.0 Å². The Balaban J connectivity index is 1.48. The summed E-state index contributed by atoms with van der Waals surface area (Å²) >= 11 is 6.03. The molecule has 1 saturated carbocycles. The van der Waals surface area contributed by atoms with E-state index in [4.69, 9.17) is 16.3 Å². The predicted molar refractivity (Wildman–Crippen MR) is 153 cm³/mol. The third-order valence-corrected chi connectivity index (χ3v) is 9.89. The van der Waals surface area contributed by atoms with E-state index < -0.39 is 52.6 Å². The molecule has 0 radical (unpaired) electrons. The molecule has 10 heteroatoms. The van der Waals surface area contributed by atoms with Crippen LogP contribution in [0.15, 0.2) is 54.1 Å². The monoisotopic (exact) mass is 592 g/mol. The number of allylic oxidation sites excluding steroid dienone is 3. The summed E-state index contributed by atoms with van der Waals surface area (Å²) in [5, 5.41) is 9.83. The molecule has 2 aromatic rings. The number of fused-ring (bicyclic) bond motifs is 4. The van der Waals surface area contributed by atoms with Crippen LogP contribution in [0, 0.1) is 40.8 Å². The first-order valence-corrected chi connectivity index (χ1v) is 14.3. The Morgan fingerprint density at radius 2 is 1.86 bits per heavy atom. The van der Waals surface area contributed by atoms with Gasteiger partial charge in [0, 0.05) is 12.5 Å². The maximum Gasteiger partial charge on any atom is 0.241 e. The summed E-state index contributed by atoms with van der Waals surface area (Å²) in [6.07, 6.45) is 6.24. The molecule has 6 rings (SSSR count). The average Bonchev–Trinajstić information content (AvgIpc) is 3.33. The maximum atomic E-state index is 14.3. The van der Waals surface area contributed by atoms with Crippen molar-refractivity contribution in [3.05, 3.63) is 70.5 Å². The van der Waals surface area contributed by atoms with E-state index >= 15 is 0 Å². The molecule has 2 aliphatic heterocycles. The van der Waals surface area contributed by atoms with Crippen molar-refractivity contribution in [2.75, 3.05) is 18.6 Å². The molecule has 6 atom stereocenters. The molecule has 1 N–H and O–H groups in total. The van der Waals surface area contributed by atoms with E-state index in [0.717, 1.165) is 16.5 Å². The Morgan fingerprint density at radius 3 is 2.55 bits per heavy atom. The molecular weight excluding hydrogens is 563 g/mol.